The van der Waals surface area contributed by atoms with Crippen molar-refractivity contribution in [3.8, 4) is 0 Å². The predicted molar refractivity (Wildman–Crippen MR) is 90.1 cm³/mol. The van der Waals surface area contributed by atoms with E-state index in [1.54, 1.807) is 4.68 Å². The van der Waals surface area contributed by atoms with Crippen LogP contribution < -0.4 is 11.2 Å². The van der Waals surface area contributed by atoms with E-state index in [4.69, 9.17) is 0 Å². The maximum absolute atomic E-state index is 12.9. The van der Waals surface area contributed by atoms with Gasteiger partial charge in [-0.2, -0.15) is 0 Å². The highest BCUT2D eigenvalue weighted by atomic mass is 16.3. The zero-order chi connectivity index (χ0) is 17.3. The van der Waals surface area contributed by atoms with Crippen molar-refractivity contribution in [3.05, 3.63) is 20.8 Å². The van der Waals surface area contributed by atoms with Gasteiger partial charge in [0.2, 0.25) is 0 Å². The van der Waals surface area contributed by atoms with Crippen LogP contribution in [0.25, 0.3) is 11.2 Å². The molecule has 1 saturated carbocycles. The Hall–Kier alpha value is -1.96. The second-order valence-electron chi connectivity index (χ2n) is 6.52. The first-order valence-corrected chi connectivity index (χ1v) is 8.86. The van der Waals surface area contributed by atoms with Crippen molar-refractivity contribution in [2.24, 2.45) is 0 Å². The molecule has 2 aromatic rings. The molecule has 3 rings (SSSR count). The Labute approximate surface area is 139 Å². The Morgan fingerprint density at radius 1 is 1.08 bits per heavy atom. The van der Waals surface area contributed by atoms with Gasteiger partial charge in [0.05, 0.1) is 12.1 Å². The van der Waals surface area contributed by atoms with Crippen LogP contribution in [0.15, 0.2) is 9.59 Å². The number of aliphatic hydroxyl groups is 1. The van der Waals surface area contributed by atoms with Crippen molar-refractivity contribution in [1.29, 1.82) is 0 Å². The third-order valence-corrected chi connectivity index (χ3v) is 4.74. The quantitative estimate of drug-likeness (QED) is 0.881. The van der Waals surface area contributed by atoms with E-state index in [9.17, 15) is 14.7 Å². The van der Waals surface area contributed by atoms with Crippen LogP contribution in [0, 0.1) is 0 Å². The highest BCUT2D eigenvalue weighted by Crippen LogP contribution is 2.29. The molecular weight excluding hydrogens is 310 g/mol. The molecule has 0 spiro atoms. The van der Waals surface area contributed by atoms with Crippen molar-refractivity contribution in [2.75, 3.05) is 0 Å². The lowest BCUT2D eigenvalue weighted by atomic mass is 9.93. The fourth-order valence-corrected chi connectivity index (χ4v) is 3.57. The van der Waals surface area contributed by atoms with E-state index in [0.29, 0.717) is 37.1 Å². The van der Waals surface area contributed by atoms with Crippen molar-refractivity contribution in [2.45, 2.75) is 77.6 Å². The second kappa shape index (κ2) is 6.88. The Bertz CT molecular complexity index is 835. The molecular formula is C16H25N5O3. The van der Waals surface area contributed by atoms with E-state index >= 15 is 0 Å². The lowest BCUT2D eigenvalue weighted by Crippen LogP contribution is -2.41. The fraction of sp³-hybridized carbons (Fsp3) is 0.750. The van der Waals surface area contributed by atoms with Gasteiger partial charge >= 0.3 is 5.69 Å². The Kier molecular flexibility index (Phi) is 4.84. The topological polar surface area (TPSA) is 94.9 Å². The number of aryl methyl sites for hydroxylation is 1. The largest absolute Gasteiger partial charge is 0.391 e. The van der Waals surface area contributed by atoms with Gasteiger partial charge in [0.15, 0.2) is 11.2 Å². The summed E-state index contributed by atoms with van der Waals surface area (Å²) in [7, 11) is 0. The molecule has 132 valence electrons. The van der Waals surface area contributed by atoms with Gasteiger partial charge < -0.3 is 5.11 Å². The van der Waals surface area contributed by atoms with Gasteiger partial charge in [-0.1, -0.05) is 31.9 Å². The van der Waals surface area contributed by atoms with Crippen LogP contribution in [0.4, 0.5) is 0 Å². The van der Waals surface area contributed by atoms with Gasteiger partial charge in [-0.05, 0) is 25.7 Å². The van der Waals surface area contributed by atoms with E-state index in [0.717, 1.165) is 25.7 Å². The zero-order valence-corrected chi connectivity index (χ0v) is 14.3. The standard InChI is InChI=1S/C16H25N5O3/c1-3-9-19-14-13(15(23)20(10-4-2)16(19)24)21(18-17-14)11-7-5-6-8-12(11)22/h11-12,22H,3-10H2,1-2H3/t11-,12-/m0/s1. The molecule has 0 amide bonds. The monoisotopic (exact) mass is 335 g/mol. The summed E-state index contributed by atoms with van der Waals surface area (Å²) >= 11 is 0. The minimum Gasteiger partial charge on any atom is -0.391 e. The van der Waals surface area contributed by atoms with E-state index in [1.807, 2.05) is 13.8 Å². The molecule has 0 unspecified atom stereocenters. The molecule has 0 saturated heterocycles. The smallest absolute Gasteiger partial charge is 0.332 e. The molecule has 1 N–H and O–H groups in total. The van der Waals surface area contributed by atoms with Gasteiger partial charge in [0.25, 0.3) is 5.56 Å². The lowest BCUT2D eigenvalue weighted by molar-refractivity contribution is 0.0705. The van der Waals surface area contributed by atoms with Gasteiger partial charge in [-0.15, -0.1) is 5.10 Å². The Balaban J connectivity index is 2.26. The van der Waals surface area contributed by atoms with Crippen LogP contribution in [0.3, 0.4) is 0 Å². The molecule has 0 radical (unpaired) electrons. The summed E-state index contributed by atoms with van der Waals surface area (Å²) in [6.45, 7) is 4.77. The van der Waals surface area contributed by atoms with E-state index < -0.39 is 6.10 Å². The summed E-state index contributed by atoms with van der Waals surface area (Å²) in [6, 6.07) is -0.251. The first-order chi connectivity index (χ1) is 11.6. The van der Waals surface area contributed by atoms with Crippen LogP contribution in [0.2, 0.25) is 0 Å². The highest BCUT2D eigenvalue weighted by molar-refractivity contribution is 5.69. The number of aromatic nitrogens is 5. The SMILES string of the molecule is CCCn1c(=O)c2c(nnn2[C@H]2CCCC[C@@H]2O)n(CCC)c1=O. The average molecular weight is 335 g/mol. The molecule has 24 heavy (non-hydrogen) atoms. The minimum atomic E-state index is -0.533. The van der Waals surface area contributed by atoms with Crippen molar-refractivity contribution >= 4 is 11.2 Å². The maximum Gasteiger partial charge on any atom is 0.332 e. The number of fused-ring (bicyclic) bond motifs is 1. The zero-order valence-electron chi connectivity index (χ0n) is 14.3. The van der Waals surface area contributed by atoms with Crippen molar-refractivity contribution in [3.63, 3.8) is 0 Å². The number of aliphatic hydroxyl groups excluding tert-OH is 1. The Morgan fingerprint density at radius 2 is 1.75 bits per heavy atom. The van der Waals surface area contributed by atoms with Crippen LogP contribution >= 0.6 is 0 Å². The number of nitrogens with zero attached hydrogens (tertiary/aromatic N) is 5. The minimum absolute atomic E-state index is 0.251. The van der Waals surface area contributed by atoms with Crippen LogP contribution in [-0.2, 0) is 13.1 Å². The molecule has 0 bridgehead atoms. The van der Waals surface area contributed by atoms with Crippen LogP contribution in [-0.4, -0.2) is 35.3 Å². The van der Waals surface area contributed by atoms with E-state index in [-0.39, 0.29) is 17.3 Å². The predicted octanol–water partition coefficient (Wildman–Crippen LogP) is 1.05. The average Bonchev–Trinajstić information content (AvgIpc) is 3.00. The van der Waals surface area contributed by atoms with E-state index in [1.165, 1.54) is 9.13 Å². The summed E-state index contributed by atoms with van der Waals surface area (Å²) in [5.74, 6) is 0. The summed E-state index contributed by atoms with van der Waals surface area (Å²) in [4.78, 5) is 25.5. The summed E-state index contributed by atoms with van der Waals surface area (Å²) in [5.41, 5.74) is -0.0150. The first kappa shape index (κ1) is 16.9. The first-order valence-electron chi connectivity index (χ1n) is 8.86. The van der Waals surface area contributed by atoms with Gasteiger partial charge in [0, 0.05) is 13.1 Å². The van der Waals surface area contributed by atoms with Crippen molar-refractivity contribution in [1.82, 2.24) is 24.1 Å². The molecule has 1 fully saturated rings. The summed E-state index contributed by atoms with van der Waals surface area (Å²) in [5, 5.41) is 18.6. The fourth-order valence-electron chi connectivity index (χ4n) is 3.57. The Morgan fingerprint density at radius 3 is 2.42 bits per heavy atom. The molecule has 8 nitrogen and oxygen atoms in total. The van der Waals surface area contributed by atoms with E-state index in [2.05, 4.69) is 10.3 Å². The molecule has 1 aliphatic carbocycles. The summed E-state index contributed by atoms with van der Waals surface area (Å²) < 4.78 is 4.36. The lowest BCUT2D eigenvalue weighted by Gasteiger charge is -2.27. The maximum atomic E-state index is 12.9. The van der Waals surface area contributed by atoms with Crippen molar-refractivity contribution < 1.29 is 5.11 Å². The molecule has 2 aromatic heterocycles. The number of hydrogen-bond acceptors (Lipinski definition) is 5. The third kappa shape index (κ3) is 2.68. The third-order valence-electron chi connectivity index (χ3n) is 4.74. The molecule has 0 aliphatic heterocycles. The molecule has 1 aliphatic rings. The van der Waals surface area contributed by atoms with Crippen LogP contribution in [0.5, 0.6) is 0 Å². The molecule has 2 heterocycles. The number of hydrogen-bond donors (Lipinski definition) is 1. The van der Waals surface area contributed by atoms with Crippen LogP contribution in [0.1, 0.15) is 58.4 Å². The summed E-state index contributed by atoms with van der Waals surface area (Å²) in [6.07, 6.45) is 4.35. The van der Waals surface area contributed by atoms with Gasteiger partial charge in [-0.3, -0.25) is 13.9 Å². The normalized spacial score (nSPS) is 21.5. The molecule has 0 aromatic carbocycles. The van der Waals surface area contributed by atoms with Gasteiger partial charge in [-0.25, -0.2) is 9.48 Å². The highest BCUT2D eigenvalue weighted by Gasteiger charge is 2.29. The molecule has 2 atom stereocenters. The second-order valence-corrected chi connectivity index (χ2v) is 6.52. The van der Waals surface area contributed by atoms with Gasteiger partial charge in [0.1, 0.15) is 0 Å². The molecule has 8 heteroatoms. The number of rotatable bonds is 5.